The van der Waals surface area contributed by atoms with Crippen LogP contribution in [0.15, 0.2) is 16.3 Å². The smallest absolute Gasteiger partial charge is 0.408 e. The lowest BCUT2D eigenvalue weighted by Crippen LogP contribution is -2.51. The Kier molecular flexibility index (Phi) is 7.41. The van der Waals surface area contributed by atoms with Crippen molar-refractivity contribution in [1.29, 1.82) is 0 Å². The van der Waals surface area contributed by atoms with Crippen LogP contribution in [0.2, 0.25) is 0 Å². The van der Waals surface area contributed by atoms with Crippen LogP contribution in [0.3, 0.4) is 0 Å². The monoisotopic (exact) mass is 374 g/mol. The molecule has 0 saturated heterocycles. The van der Waals surface area contributed by atoms with Crippen LogP contribution in [0.4, 0.5) is 4.79 Å². The summed E-state index contributed by atoms with van der Waals surface area (Å²) in [6, 6.07) is 2.75. The first-order valence-electron chi connectivity index (χ1n) is 7.81. The molecule has 0 saturated carbocycles. The fourth-order valence-electron chi connectivity index (χ4n) is 1.85. The van der Waals surface area contributed by atoms with Gasteiger partial charge in [-0.1, -0.05) is 20.3 Å². The number of alkyl carbamates (subject to hydrolysis) is 1. The highest BCUT2D eigenvalue weighted by Crippen LogP contribution is 2.18. The van der Waals surface area contributed by atoms with Crippen LogP contribution in [-0.2, 0) is 20.5 Å². The molecule has 0 aliphatic heterocycles. The number of hydrogen-bond donors (Lipinski definition) is 2. The van der Waals surface area contributed by atoms with Crippen molar-refractivity contribution < 1.29 is 18.5 Å². The van der Waals surface area contributed by atoms with Gasteiger partial charge in [0.15, 0.2) is 11.0 Å². The van der Waals surface area contributed by atoms with Gasteiger partial charge in [0.25, 0.3) is 5.91 Å². The molecule has 0 fully saturated rings. The number of carbonyl (C=O) groups is 2. The standard InChI is InChI=1S/C16H26N2O4S2/c1-7-10(2)13(17-15(20)22-16(4,5)6)14(19)18-24(21)12-9-8-11(3)23-12/h8-10,13H,7H2,1-6H3,(H,17,20)(H,18,19)/t10-,13-,24?/m0/s1. The maximum atomic E-state index is 12.5. The van der Waals surface area contributed by atoms with Gasteiger partial charge in [-0.3, -0.25) is 9.52 Å². The Morgan fingerprint density at radius 1 is 1.33 bits per heavy atom. The summed E-state index contributed by atoms with van der Waals surface area (Å²) >= 11 is 1.36. The van der Waals surface area contributed by atoms with Crippen molar-refractivity contribution in [3.05, 3.63) is 17.0 Å². The summed E-state index contributed by atoms with van der Waals surface area (Å²) in [5.74, 6) is -0.612. The van der Waals surface area contributed by atoms with Crippen molar-refractivity contribution in [3.63, 3.8) is 0 Å². The molecule has 0 aliphatic carbocycles. The van der Waals surface area contributed by atoms with Gasteiger partial charge in [0.2, 0.25) is 0 Å². The van der Waals surface area contributed by atoms with Gasteiger partial charge < -0.3 is 10.1 Å². The molecule has 8 heteroatoms. The van der Waals surface area contributed by atoms with E-state index in [0.29, 0.717) is 10.6 Å². The van der Waals surface area contributed by atoms with E-state index in [-0.39, 0.29) is 5.92 Å². The minimum absolute atomic E-state index is 0.125. The van der Waals surface area contributed by atoms with Gasteiger partial charge in [-0.05, 0) is 45.7 Å². The molecule has 136 valence electrons. The van der Waals surface area contributed by atoms with Crippen LogP contribution in [0.1, 0.15) is 45.9 Å². The maximum absolute atomic E-state index is 12.5. The molecule has 6 nitrogen and oxygen atoms in total. The van der Waals surface area contributed by atoms with Gasteiger partial charge in [-0.25, -0.2) is 9.00 Å². The summed E-state index contributed by atoms with van der Waals surface area (Å²) in [6.45, 7) is 10.9. The van der Waals surface area contributed by atoms with Crippen molar-refractivity contribution in [2.75, 3.05) is 0 Å². The summed E-state index contributed by atoms with van der Waals surface area (Å²) in [4.78, 5) is 25.4. The number of amides is 2. The summed E-state index contributed by atoms with van der Waals surface area (Å²) in [7, 11) is -1.64. The molecule has 0 aromatic carbocycles. The number of rotatable bonds is 6. The van der Waals surface area contributed by atoms with Gasteiger partial charge in [0.05, 0.1) is 0 Å². The van der Waals surface area contributed by atoms with Crippen molar-refractivity contribution in [2.24, 2.45) is 5.92 Å². The highest BCUT2D eigenvalue weighted by molar-refractivity contribution is 7.86. The lowest BCUT2D eigenvalue weighted by atomic mass is 9.99. The maximum Gasteiger partial charge on any atom is 0.408 e. The number of nitrogens with one attached hydrogen (secondary N) is 2. The van der Waals surface area contributed by atoms with Gasteiger partial charge in [0, 0.05) is 4.88 Å². The van der Waals surface area contributed by atoms with E-state index in [1.54, 1.807) is 26.8 Å². The zero-order chi connectivity index (χ0) is 18.5. The van der Waals surface area contributed by atoms with Crippen LogP contribution >= 0.6 is 11.3 Å². The minimum atomic E-state index is -1.64. The molecule has 0 bridgehead atoms. The van der Waals surface area contributed by atoms with Gasteiger partial charge in [-0.2, -0.15) is 0 Å². The summed E-state index contributed by atoms with van der Waals surface area (Å²) < 4.78 is 20.5. The molecule has 1 aromatic rings. The third-order valence-corrected chi connectivity index (χ3v) is 5.65. The van der Waals surface area contributed by atoms with E-state index in [1.807, 2.05) is 26.8 Å². The second-order valence-electron chi connectivity index (χ2n) is 6.61. The van der Waals surface area contributed by atoms with Gasteiger partial charge >= 0.3 is 6.09 Å². The molecule has 24 heavy (non-hydrogen) atoms. The number of thiophene rings is 1. The first-order chi connectivity index (χ1) is 11.0. The average Bonchev–Trinajstić information content (AvgIpc) is 2.88. The van der Waals surface area contributed by atoms with E-state index in [1.165, 1.54) is 11.3 Å². The van der Waals surface area contributed by atoms with Crippen LogP contribution in [0.5, 0.6) is 0 Å². The van der Waals surface area contributed by atoms with Crippen molar-refractivity contribution in [1.82, 2.24) is 10.0 Å². The normalized spacial score (nSPS) is 15.2. The largest absolute Gasteiger partial charge is 0.444 e. The van der Waals surface area contributed by atoms with Crippen LogP contribution < -0.4 is 10.0 Å². The highest BCUT2D eigenvalue weighted by atomic mass is 32.2. The first-order valence-corrected chi connectivity index (χ1v) is 9.78. The van der Waals surface area contributed by atoms with Crippen LogP contribution in [0.25, 0.3) is 0 Å². The number of aryl methyl sites for hydroxylation is 1. The van der Waals surface area contributed by atoms with Gasteiger partial charge in [0.1, 0.15) is 15.9 Å². The zero-order valence-corrected chi connectivity index (χ0v) is 16.6. The SMILES string of the molecule is CC[C@H](C)[C@H](NC(=O)OC(C)(C)C)C(=O)NS(=O)c1ccc(C)s1. The van der Waals surface area contributed by atoms with E-state index >= 15 is 0 Å². The molecule has 1 rings (SSSR count). The molecule has 1 unspecified atom stereocenters. The van der Waals surface area contributed by atoms with Crippen LogP contribution in [0, 0.1) is 12.8 Å². The molecule has 0 aliphatic rings. The number of hydrogen-bond acceptors (Lipinski definition) is 5. The predicted octanol–water partition coefficient (Wildman–Crippen LogP) is 3.13. The second-order valence-corrected chi connectivity index (χ2v) is 9.34. The Morgan fingerprint density at radius 2 is 1.96 bits per heavy atom. The molecule has 1 aromatic heterocycles. The average molecular weight is 375 g/mol. The highest BCUT2D eigenvalue weighted by Gasteiger charge is 2.29. The fraction of sp³-hybridized carbons (Fsp3) is 0.625. The molecular formula is C16H26N2O4S2. The molecule has 0 spiro atoms. The van der Waals surface area contributed by atoms with Crippen molar-refractivity contribution >= 4 is 34.3 Å². The molecule has 3 atom stereocenters. The third-order valence-electron chi connectivity index (χ3n) is 3.26. The van der Waals surface area contributed by atoms with E-state index < -0.39 is 34.6 Å². The fourth-order valence-corrected chi connectivity index (χ4v) is 3.87. The van der Waals surface area contributed by atoms with Crippen molar-refractivity contribution in [2.45, 2.75) is 63.8 Å². The van der Waals surface area contributed by atoms with Gasteiger partial charge in [-0.15, -0.1) is 11.3 Å². The Bertz CT molecular complexity index is 607. The Hall–Kier alpha value is -1.41. The molecule has 1 heterocycles. The molecule has 2 amide bonds. The zero-order valence-electron chi connectivity index (χ0n) is 15.0. The van der Waals surface area contributed by atoms with Crippen molar-refractivity contribution in [3.8, 4) is 0 Å². The lowest BCUT2D eigenvalue weighted by Gasteiger charge is -2.26. The molecular weight excluding hydrogens is 348 g/mol. The second kappa shape index (κ2) is 8.62. The molecule has 0 radical (unpaired) electrons. The van der Waals surface area contributed by atoms with E-state index in [9.17, 15) is 13.8 Å². The lowest BCUT2D eigenvalue weighted by molar-refractivity contribution is -0.122. The van der Waals surface area contributed by atoms with E-state index in [4.69, 9.17) is 4.74 Å². The third kappa shape index (κ3) is 6.60. The Labute approximate surface area is 149 Å². The summed E-state index contributed by atoms with van der Waals surface area (Å²) in [6.07, 6.45) is 0.0132. The Balaban J connectivity index is 2.78. The minimum Gasteiger partial charge on any atom is -0.444 e. The summed E-state index contributed by atoms with van der Waals surface area (Å²) in [5.41, 5.74) is -0.655. The predicted molar refractivity (Wildman–Crippen MR) is 96.2 cm³/mol. The quantitative estimate of drug-likeness (QED) is 0.801. The van der Waals surface area contributed by atoms with E-state index in [2.05, 4.69) is 10.0 Å². The number of ether oxygens (including phenoxy) is 1. The molecule has 2 N–H and O–H groups in total. The van der Waals surface area contributed by atoms with E-state index in [0.717, 1.165) is 4.88 Å². The Morgan fingerprint density at radius 3 is 2.42 bits per heavy atom. The summed E-state index contributed by atoms with van der Waals surface area (Å²) in [5, 5.41) is 2.58. The van der Waals surface area contributed by atoms with Crippen LogP contribution in [-0.4, -0.2) is 27.9 Å². The number of carbonyl (C=O) groups excluding carboxylic acids is 2. The first kappa shape index (κ1) is 20.6. The topological polar surface area (TPSA) is 84.5 Å².